The van der Waals surface area contributed by atoms with Crippen LogP contribution >= 0.6 is 11.8 Å². The van der Waals surface area contributed by atoms with Crippen molar-refractivity contribution in [1.29, 1.82) is 0 Å². The molecule has 0 aliphatic rings. The predicted molar refractivity (Wildman–Crippen MR) is 72.9 cm³/mol. The lowest BCUT2D eigenvalue weighted by Crippen LogP contribution is -2.38. The average molecular weight is 281 g/mol. The Morgan fingerprint density at radius 3 is 2.47 bits per heavy atom. The average Bonchev–Trinajstić information content (AvgIpc) is 2.36. The lowest BCUT2D eigenvalue weighted by atomic mass is 10.1. The number of nitrogens with one attached hydrogen (secondary N) is 1. The maximum Gasteiger partial charge on any atom is 0.313 e. The highest BCUT2D eigenvalue weighted by Gasteiger charge is 2.17. The molecule has 0 heterocycles. The molecule has 1 aromatic rings. The summed E-state index contributed by atoms with van der Waals surface area (Å²) in [5.41, 5.74) is 0.859. The molecule has 1 rings (SSSR count). The van der Waals surface area contributed by atoms with Gasteiger partial charge in [-0.25, -0.2) is 0 Å². The fourth-order valence-electron chi connectivity index (χ4n) is 1.39. The summed E-state index contributed by atoms with van der Waals surface area (Å²) in [6, 6.07) is 8.48. The van der Waals surface area contributed by atoms with Crippen molar-refractivity contribution in [3.8, 4) is 0 Å². The number of carbonyl (C=O) groups excluding carboxylic acids is 2. The van der Waals surface area contributed by atoms with E-state index in [1.165, 1.54) is 0 Å². The number of benzene rings is 1. The summed E-state index contributed by atoms with van der Waals surface area (Å²) in [5.74, 6) is -1.61. The second-order valence-electron chi connectivity index (χ2n) is 3.95. The lowest BCUT2D eigenvalue weighted by molar-refractivity contribution is -0.134. The normalized spacial score (nSPS) is 11.6. The summed E-state index contributed by atoms with van der Waals surface area (Å²) in [5, 5.41) is 10.7. The fraction of sp³-hybridized carbons (Fsp3) is 0.308. The molecule has 0 bridgehead atoms. The topological polar surface area (TPSA) is 83.5 Å². The summed E-state index contributed by atoms with van der Waals surface area (Å²) in [4.78, 5) is 33.5. The van der Waals surface area contributed by atoms with Crippen molar-refractivity contribution in [1.82, 2.24) is 5.32 Å². The van der Waals surface area contributed by atoms with Crippen molar-refractivity contribution in [3.63, 3.8) is 0 Å². The summed E-state index contributed by atoms with van der Waals surface area (Å²) < 4.78 is 0. The quantitative estimate of drug-likeness (QED) is 0.815. The van der Waals surface area contributed by atoms with E-state index in [-0.39, 0.29) is 23.2 Å². The van der Waals surface area contributed by atoms with Crippen molar-refractivity contribution in [2.45, 2.75) is 19.4 Å². The highest BCUT2D eigenvalue weighted by atomic mass is 32.2. The minimum Gasteiger partial charge on any atom is -0.481 e. The van der Waals surface area contributed by atoms with Gasteiger partial charge < -0.3 is 10.4 Å². The van der Waals surface area contributed by atoms with Gasteiger partial charge in [0, 0.05) is 0 Å². The molecule has 0 saturated carbocycles. The molecule has 5 nitrogen and oxygen atoms in total. The summed E-state index contributed by atoms with van der Waals surface area (Å²) >= 11 is 0.688. The molecule has 0 aromatic heterocycles. The van der Waals surface area contributed by atoms with Gasteiger partial charge in [0.1, 0.15) is 0 Å². The van der Waals surface area contributed by atoms with Gasteiger partial charge in [0.15, 0.2) is 0 Å². The number of hydrogen-bond donors (Lipinski definition) is 2. The molecule has 0 aliphatic heterocycles. The minimum atomic E-state index is -1.05. The Kier molecular flexibility index (Phi) is 6.08. The third-order valence-electron chi connectivity index (χ3n) is 2.28. The highest BCUT2D eigenvalue weighted by Crippen LogP contribution is 2.06. The number of thioether (sulfide) groups is 1. The van der Waals surface area contributed by atoms with Gasteiger partial charge in [-0.1, -0.05) is 42.1 Å². The second kappa shape index (κ2) is 7.58. The van der Waals surface area contributed by atoms with E-state index in [2.05, 4.69) is 5.32 Å². The van der Waals surface area contributed by atoms with Gasteiger partial charge in [-0.3, -0.25) is 14.4 Å². The second-order valence-corrected chi connectivity index (χ2v) is 4.93. The Balaban J connectivity index is 2.39. The lowest BCUT2D eigenvalue weighted by Gasteiger charge is -2.11. The van der Waals surface area contributed by atoms with Gasteiger partial charge in [-0.05, 0) is 12.5 Å². The van der Waals surface area contributed by atoms with Gasteiger partial charge in [-0.2, -0.15) is 0 Å². The van der Waals surface area contributed by atoms with Crippen LogP contribution in [0.3, 0.4) is 0 Å². The van der Waals surface area contributed by atoms with Crippen LogP contribution in [0.25, 0.3) is 0 Å². The fourth-order valence-corrected chi connectivity index (χ4v) is 1.97. The molecule has 2 N–H and O–H groups in total. The molecule has 0 aliphatic carbocycles. The molecule has 0 saturated heterocycles. The molecular formula is C13H15NO4S. The Morgan fingerprint density at radius 1 is 1.26 bits per heavy atom. The van der Waals surface area contributed by atoms with E-state index >= 15 is 0 Å². The molecule has 0 spiro atoms. The van der Waals surface area contributed by atoms with Crippen LogP contribution in [0.5, 0.6) is 0 Å². The molecular weight excluding hydrogens is 266 g/mol. The summed E-state index contributed by atoms with van der Waals surface area (Å²) in [7, 11) is 0. The van der Waals surface area contributed by atoms with Crippen LogP contribution in [0.2, 0.25) is 0 Å². The molecule has 1 atom stereocenters. The minimum absolute atomic E-state index is 0.196. The zero-order valence-electron chi connectivity index (χ0n) is 10.5. The van der Waals surface area contributed by atoms with Crippen LogP contribution in [-0.4, -0.2) is 33.9 Å². The van der Waals surface area contributed by atoms with Crippen LogP contribution in [-0.2, 0) is 20.8 Å². The van der Waals surface area contributed by atoms with E-state index in [1.54, 1.807) is 6.92 Å². The number of amides is 1. The van der Waals surface area contributed by atoms with E-state index < -0.39 is 12.0 Å². The summed E-state index contributed by atoms with van der Waals surface area (Å²) in [6.45, 7) is 1.54. The standard InChI is InChI=1S/C13H15NO4S/c1-9(13(18)19-8-12(16)17)14-11(15)7-10-5-3-2-4-6-10/h2-6,9H,7-8H2,1H3,(H,14,15)(H,16,17)/t9-/m1/s1. The first-order valence-electron chi connectivity index (χ1n) is 5.70. The van der Waals surface area contributed by atoms with E-state index in [4.69, 9.17) is 5.11 Å². The van der Waals surface area contributed by atoms with Crippen molar-refractivity contribution in [2.75, 3.05) is 5.75 Å². The van der Waals surface area contributed by atoms with Gasteiger partial charge in [0.05, 0.1) is 18.2 Å². The maximum absolute atomic E-state index is 11.7. The van der Waals surface area contributed by atoms with Crippen LogP contribution in [0.4, 0.5) is 0 Å². The molecule has 6 heteroatoms. The monoisotopic (exact) mass is 281 g/mol. The molecule has 0 unspecified atom stereocenters. The van der Waals surface area contributed by atoms with Crippen molar-refractivity contribution < 1.29 is 19.5 Å². The van der Waals surface area contributed by atoms with Crippen LogP contribution in [0, 0.1) is 0 Å². The zero-order chi connectivity index (χ0) is 14.3. The Morgan fingerprint density at radius 2 is 1.89 bits per heavy atom. The maximum atomic E-state index is 11.7. The first kappa shape index (κ1) is 15.2. The number of aliphatic carboxylic acids is 1. The number of rotatable bonds is 6. The molecule has 0 radical (unpaired) electrons. The SMILES string of the molecule is C[C@@H](NC(=O)Cc1ccccc1)C(=O)SCC(=O)O. The third kappa shape index (κ3) is 6.05. The van der Waals surface area contributed by atoms with Crippen molar-refractivity contribution >= 4 is 28.8 Å². The first-order valence-corrected chi connectivity index (χ1v) is 6.69. The third-order valence-corrected chi connectivity index (χ3v) is 3.31. The number of hydrogen-bond acceptors (Lipinski definition) is 4. The first-order chi connectivity index (χ1) is 8.99. The number of carboxylic acid groups (broad SMARTS) is 1. The molecule has 1 amide bonds. The number of carboxylic acids is 1. The molecule has 0 fully saturated rings. The predicted octanol–water partition coefficient (Wildman–Crippen LogP) is 1.08. The highest BCUT2D eigenvalue weighted by molar-refractivity contribution is 8.14. The van der Waals surface area contributed by atoms with Crippen LogP contribution < -0.4 is 5.32 Å². The zero-order valence-corrected chi connectivity index (χ0v) is 11.3. The van der Waals surface area contributed by atoms with Crippen LogP contribution in [0.1, 0.15) is 12.5 Å². The molecule has 19 heavy (non-hydrogen) atoms. The summed E-state index contributed by atoms with van der Waals surface area (Å²) in [6.07, 6.45) is 0.196. The molecule has 1 aromatic carbocycles. The van der Waals surface area contributed by atoms with Crippen molar-refractivity contribution in [2.24, 2.45) is 0 Å². The van der Waals surface area contributed by atoms with E-state index in [0.717, 1.165) is 5.56 Å². The van der Waals surface area contributed by atoms with Gasteiger partial charge in [0.2, 0.25) is 11.0 Å². The van der Waals surface area contributed by atoms with Crippen molar-refractivity contribution in [3.05, 3.63) is 35.9 Å². The van der Waals surface area contributed by atoms with Gasteiger partial charge >= 0.3 is 5.97 Å². The Labute approximate surface area is 115 Å². The Bertz CT molecular complexity index is 461. The van der Waals surface area contributed by atoms with Crippen LogP contribution in [0.15, 0.2) is 30.3 Å². The smallest absolute Gasteiger partial charge is 0.313 e. The van der Waals surface area contributed by atoms with Gasteiger partial charge in [0.25, 0.3) is 0 Å². The largest absolute Gasteiger partial charge is 0.481 e. The van der Waals surface area contributed by atoms with E-state index in [0.29, 0.717) is 11.8 Å². The van der Waals surface area contributed by atoms with E-state index in [9.17, 15) is 14.4 Å². The Hall–Kier alpha value is -1.82. The number of carbonyl (C=O) groups is 3. The van der Waals surface area contributed by atoms with Gasteiger partial charge in [-0.15, -0.1) is 0 Å². The molecule has 102 valence electrons. The van der Waals surface area contributed by atoms with E-state index in [1.807, 2.05) is 30.3 Å².